The molecule has 1 aromatic rings. The number of fused-ring (bicyclic) bond motifs is 1. The van der Waals surface area contributed by atoms with E-state index in [2.05, 4.69) is 0 Å². The van der Waals surface area contributed by atoms with Crippen LogP contribution in [0.5, 0.6) is 5.75 Å². The summed E-state index contributed by atoms with van der Waals surface area (Å²) in [4.78, 5) is 93.8. The lowest BCUT2D eigenvalue weighted by Crippen LogP contribution is -2.64. The smallest absolute Gasteiger partial charge is 0.302 e. The number of hydrogen-bond donors (Lipinski definition) is 4. The highest BCUT2D eigenvalue weighted by Crippen LogP contribution is 2.67. The highest BCUT2D eigenvalue weighted by atomic mass is 16.7. The first-order valence-corrected chi connectivity index (χ1v) is 15.3. The van der Waals surface area contributed by atoms with Crippen LogP contribution in [0.2, 0.25) is 0 Å². The summed E-state index contributed by atoms with van der Waals surface area (Å²) >= 11 is 0. The largest absolute Gasteiger partial charge is 0.512 e. The number of phenols is 1. The number of phenolic OH excluding ortho intramolecular Hbond substituents is 1. The van der Waals surface area contributed by atoms with Crippen LogP contribution in [0.1, 0.15) is 50.0 Å². The third-order valence-electron chi connectivity index (χ3n) is 10.2. The van der Waals surface area contributed by atoms with E-state index in [1.165, 1.54) is 39.8 Å². The molecule has 13 nitrogen and oxygen atoms in total. The molecule has 0 unspecified atom stereocenters. The molecule has 6 aliphatic rings. The number of Topliss-reactive ketones (excluding diaryl/α,β-unsaturated/α-hetero) is 2. The van der Waals surface area contributed by atoms with Gasteiger partial charge in [-0.1, -0.05) is 0 Å². The number of ether oxygens (including phenoxy) is 2. The molecule has 250 valence electrons. The van der Waals surface area contributed by atoms with Crippen molar-refractivity contribution in [3.05, 3.63) is 124 Å². The molecule has 0 bridgehead atoms. The Balaban J connectivity index is 1.60. The van der Waals surface area contributed by atoms with E-state index in [0.29, 0.717) is 0 Å². The number of rotatable bonds is 2. The Morgan fingerprint density at radius 2 is 1.49 bits per heavy atom. The number of aryl methyl sites for hydroxylation is 1. The number of epoxide rings is 1. The summed E-state index contributed by atoms with van der Waals surface area (Å²) in [6.07, 6.45) is -1.77. The summed E-state index contributed by atoms with van der Waals surface area (Å²) in [5, 5.41) is 42.0. The standard InChI is InChI=1S/C36H28O13/c1-12-10-20(39)25-26(22(12)13(2)37)29(43)18-8-6-16(27(41)23(18)30(25)44)17-7-9-19-24(28(17)42)33(46)35-21(40)11-34(5,47)31(14(3)48-15(4)38)36(35,49-35)32(19)45/h6-10,14,31,37,42,45,47H,11H2,1-5H3/b17-16-,22-13+/t14-,31+,34+,35-,36+/m1/s1. The second-order valence-electron chi connectivity index (χ2n) is 13.3. The Labute approximate surface area is 272 Å². The van der Waals surface area contributed by atoms with Crippen LogP contribution in [0.3, 0.4) is 0 Å². The molecular formula is C36H28O13. The predicted octanol–water partition coefficient (Wildman–Crippen LogP) is -0.898. The Kier molecular flexibility index (Phi) is 6.39. The van der Waals surface area contributed by atoms with Gasteiger partial charge in [0, 0.05) is 44.7 Å². The molecule has 5 aliphatic carbocycles. The number of benzene rings is 1. The molecule has 13 heteroatoms. The lowest BCUT2D eigenvalue weighted by Gasteiger charge is -2.44. The maximum absolute atomic E-state index is 14.2. The fraction of sp³-hybridized carbons (Fsp3) is 0.306. The summed E-state index contributed by atoms with van der Waals surface area (Å²) in [6, 6.07) is 5.74. The van der Waals surface area contributed by atoms with Gasteiger partial charge >= 0.3 is 5.97 Å². The van der Waals surface area contributed by atoms with Crippen LogP contribution < -0.4 is 32.2 Å². The van der Waals surface area contributed by atoms with Crippen LogP contribution in [-0.2, 0) is 19.1 Å². The van der Waals surface area contributed by atoms with Gasteiger partial charge in [0.2, 0.25) is 16.8 Å². The van der Waals surface area contributed by atoms with Crippen molar-refractivity contribution < 1.29 is 44.3 Å². The van der Waals surface area contributed by atoms with Crippen molar-refractivity contribution in [2.24, 2.45) is 5.92 Å². The molecule has 5 atom stereocenters. The summed E-state index contributed by atoms with van der Waals surface area (Å²) in [7, 11) is 0. The van der Waals surface area contributed by atoms with Crippen molar-refractivity contribution in [1.29, 1.82) is 0 Å². The molecule has 0 spiro atoms. The van der Waals surface area contributed by atoms with Gasteiger partial charge in [0.25, 0.3) is 0 Å². The first kappa shape index (κ1) is 32.0. The fourth-order valence-electron chi connectivity index (χ4n) is 8.42. The number of aliphatic hydroxyl groups excluding tert-OH is 2. The number of aromatic hydroxyl groups is 1. The van der Waals surface area contributed by atoms with Gasteiger partial charge in [0.15, 0.2) is 27.7 Å². The molecule has 0 amide bonds. The Hall–Kier alpha value is -5.53. The number of aliphatic hydroxyl groups is 3. The van der Waals surface area contributed by atoms with Crippen LogP contribution in [0.25, 0.3) is 11.5 Å². The van der Waals surface area contributed by atoms with Crippen LogP contribution in [0.15, 0.2) is 49.5 Å². The summed E-state index contributed by atoms with van der Waals surface area (Å²) in [6.45, 7) is 6.62. The molecule has 1 aliphatic heterocycles. The lowest BCUT2D eigenvalue weighted by atomic mass is 9.58. The zero-order chi connectivity index (χ0) is 35.9. The number of carbonyl (C=O) groups is 3. The van der Waals surface area contributed by atoms with Gasteiger partial charge in [0.1, 0.15) is 17.6 Å². The third kappa shape index (κ3) is 3.73. The lowest BCUT2D eigenvalue weighted by molar-refractivity contribution is -0.160. The van der Waals surface area contributed by atoms with E-state index in [1.807, 2.05) is 0 Å². The molecule has 1 heterocycles. The number of hydrogen-bond acceptors (Lipinski definition) is 13. The van der Waals surface area contributed by atoms with Crippen molar-refractivity contribution in [2.45, 2.75) is 63.9 Å². The summed E-state index contributed by atoms with van der Waals surface area (Å²) in [5.41, 5.74) is -10.5. The van der Waals surface area contributed by atoms with Gasteiger partial charge in [-0.15, -0.1) is 0 Å². The van der Waals surface area contributed by atoms with Crippen molar-refractivity contribution >= 4 is 29.1 Å². The minimum atomic E-state index is -2.38. The third-order valence-corrected chi connectivity index (χ3v) is 10.2. The molecule has 49 heavy (non-hydrogen) atoms. The number of esters is 1. The van der Waals surface area contributed by atoms with E-state index >= 15 is 0 Å². The SMILES string of the molecule is CC(=O)O[C@H](C)[C@H]1[C@@](C)(O)CC(=O)[C@]23O[C@]12C(O)=c1cc/c(=c2\ccc4c(=O)c5/c(=C(\C)O)c(C)cc(=O)c=5c(=O)c=4c2=O)c(O)c1C3=O. The summed E-state index contributed by atoms with van der Waals surface area (Å²) in [5.74, 6) is -5.83. The van der Waals surface area contributed by atoms with E-state index in [1.54, 1.807) is 0 Å². The number of carbonyl (C=O) groups excluding carboxylic acids is 3. The van der Waals surface area contributed by atoms with Crippen LogP contribution >= 0.6 is 0 Å². The average molecular weight is 669 g/mol. The maximum Gasteiger partial charge on any atom is 0.302 e. The molecule has 4 N–H and O–H groups in total. The van der Waals surface area contributed by atoms with Gasteiger partial charge in [-0.2, -0.15) is 0 Å². The molecular weight excluding hydrogens is 640 g/mol. The molecule has 0 aromatic heterocycles. The van der Waals surface area contributed by atoms with Crippen molar-refractivity contribution in [3.8, 4) is 5.75 Å². The van der Waals surface area contributed by atoms with Crippen molar-refractivity contribution in [1.82, 2.24) is 0 Å². The molecule has 0 radical (unpaired) electrons. The van der Waals surface area contributed by atoms with E-state index in [-0.39, 0.29) is 42.6 Å². The minimum Gasteiger partial charge on any atom is -0.512 e. The highest BCUT2D eigenvalue weighted by molar-refractivity contribution is 6.26. The average Bonchev–Trinajstić information content (AvgIpc) is 3.70. The molecule has 7 rings (SSSR count). The van der Waals surface area contributed by atoms with Crippen molar-refractivity contribution in [3.63, 3.8) is 0 Å². The van der Waals surface area contributed by atoms with Crippen molar-refractivity contribution in [2.75, 3.05) is 0 Å². The summed E-state index contributed by atoms with van der Waals surface area (Å²) < 4.78 is 11.2. The van der Waals surface area contributed by atoms with Crippen LogP contribution in [0.4, 0.5) is 0 Å². The first-order valence-electron chi connectivity index (χ1n) is 15.3. The van der Waals surface area contributed by atoms with Gasteiger partial charge in [-0.3, -0.25) is 33.6 Å². The Bertz CT molecular complexity index is 2860. The van der Waals surface area contributed by atoms with E-state index in [0.717, 1.165) is 25.1 Å². The fourth-order valence-corrected chi connectivity index (χ4v) is 8.42. The van der Waals surface area contributed by atoms with Crippen LogP contribution in [0, 0.1) is 44.2 Å². The van der Waals surface area contributed by atoms with Gasteiger partial charge in [-0.05, 0) is 63.6 Å². The molecule has 1 aromatic carbocycles. The topological polar surface area (TPSA) is 222 Å². The quantitative estimate of drug-likeness (QED) is 0.116. The van der Waals surface area contributed by atoms with Gasteiger partial charge in [-0.25, -0.2) is 0 Å². The van der Waals surface area contributed by atoms with E-state index < -0.39 is 102 Å². The minimum absolute atomic E-state index is 0.00182. The first-order chi connectivity index (χ1) is 22.8. The molecule has 2 fully saturated rings. The second-order valence-corrected chi connectivity index (χ2v) is 13.3. The van der Waals surface area contributed by atoms with Crippen LogP contribution in [-0.4, -0.2) is 60.9 Å². The Morgan fingerprint density at radius 3 is 2.12 bits per heavy atom. The highest BCUT2D eigenvalue weighted by Gasteiger charge is 2.89. The molecule has 1 saturated carbocycles. The van der Waals surface area contributed by atoms with E-state index in [4.69, 9.17) is 9.47 Å². The monoisotopic (exact) mass is 668 g/mol. The molecule has 1 saturated heterocycles. The normalized spacial score (nSPS) is 27.7. The van der Waals surface area contributed by atoms with Gasteiger partial charge in [0.05, 0.1) is 33.3 Å². The second kappa shape index (κ2) is 9.77. The predicted molar refractivity (Wildman–Crippen MR) is 168 cm³/mol. The van der Waals surface area contributed by atoms with E-state index in [9.17, 15) is 54.0 Å². The zero-order valence-corrected chi connectivity index (χ0v) is 26.7. The Morgan fingerprint density at radius 1 is 0.898 bits per heavy atom. The maximum atomic E-state index is 14.2. The van der Waals surface area contributed by atoms with Gasteiger partial charge < -0.3 is 29.9 Å². The zero-order valence-electron chi connectivity index (χ0n) is 26.7. The number of ketones is 2.